The van der Waals surface area contributed by atoms with E-state index in [2.05, 4.69) is 11.1 Å². The Hall–Kier alpha value is 1.24. The first-order chi connectivity index (χ1) is 3.00. The van der Waals surface area contributed by atoms with Crippen molar-refractivity contribution >= 4 is 56.0 Å². The van der Waals surface area contributed by atoms with Crippen LogP contribution in [0, 0.1) is 0 Å². The minimum atomic E-state index is 0.438. The Morgan fingerprint density at radius 2 is 1.00 bits per heavy atom. The maximum absolute atomic E-state index is 2.56. The average molecular weight is 257 g/mol. The summed E-state index contributed by atoms with van der Waals surface area (Å²) < 4.78 is 7.69. The zero-order valence-corrected chi connectivity index (χ0v) is 9.53. The standard InChI is InChI=1S/C3H3Ge3/c1-4-2-6-3-5-1/h1-3H. The van der Waals surface area contributed by atoms with Crippen molar-refractivity contribution in [1.29, 1.82) is 0 Å². The van der Waals surface area contributed by atoms with E-state index in [1.807, 2.05) is 0 Å². The Bertz CT molecular complexity index is 75.4. The molecule has 0 saturated carbocycles. The number of hydrogen-bond acceptors (Lipinski definition) is 0. The third-order valence-corrected chi connectivity index (χ3v) is 13.5. The van der Waals surface area contributed by atoms with Crippen molar-refractivity contribution in [1.82, 2.24) is 0 Å². The summed E-state index contributed by atoms with van der Waals surface area (Å²) in [5, 5.41) is 0. The van der Waals surface area contributed by atoms with Gasteiger partial charge in [-0.3, -0.25) is 0 Å². The van der Waals surface area contributed by atoms with Gasteiger partial charge in [-0.05, 0) is 0 Å². The fourth-order valence-corrected chi connectivity index (χ4v) is 21.4. The summed E-state index contributed by atoms with van der Waals surface area (Å²) in [4.78, 5) is 0. The molecule has 0 fully saturated rings. The van der Waals surface area contributed by atoms with Gasteiger partial charge in [-0.2, -0.15) is 0 Å². The SMILES string of the molecule is [CH]1=[Ge][CH]=[Ge][CH]=[Ge]1. The monoisotopic (exact) mass is 261 g/mol. The van der Waals surface area contributed by atoms with Gasteiger partial charge < -0.3 is 0 Å². The Balaban J connectivity index is 2.77. The van der Waals surface area contributed by atoms with Crippen molar-refractivity contribution in [3.8, 4) is 0 Å². The molecule has 1 aliphatic rings. The molecule has 0 aromatic heterocycles. The van der Waals surface area contributed by atoms with Crippen LogP contribution in [0.3, 0.4) is 0 Å². The van der Waals surface area contributed by atoms with Gasteiger partial charge in [-0.15, -0.1) is 0 Å². The van der Waals surface area contributed by atoms with Crippen LogP contribution in [0.1, 0.15) is 0 Å². The van der Waals surface area contributed by atoms with Crippen molar-refractivity contribution in [3.63, 3.8) is 0 Å². The normalized spacial score (nSPS) is 16.0. The minimum absolute atomic E-state index is 0.438. The molecule has 0 aliphatic carbocycles. The fraction of sp³-hybridized carbons (Fsp3) is 0. The number of rotatable bonds is 0. The van der Waals surface area contributed by atoms with E-state index >= 15 is 0 Å². The van der Waals surface area contributed by atoms with Gasteiger partial charge in [-0.1, -0.05) is 0 Å². The fourth-order valence-electron chi connectivity index (χ4n) is 0.269. The summed E-state index contributed by atoms with van der Waals surface area (Å²) in [5.41, 5.74) is 0. The van der Waals surface area contributed by atoms with Crippen molar-refractivity contribution in [2.75, 3.05) is 0 Å². The first-order valence-electron chi connectivity index (χ1n) is 1.73. The van der Waals surface area contributed by atoms with Crippen LogP contribution >= 0.6 is 0 Å². The van der Waals surface area contributed by atoms with Gasteiger partial charge >= 0.3 is 56.0 Å². The second-order valence-corrected chi connectivity index (χ2v) is 14.3. The molecule has 0 aromatic carbocycles. The van der Waals surface area contributed by atoms with Gasteiger partial charge in [0.2, 0.25) is 0 Å². The molecule has 0 amide bonds. The second-order valence-electron chi connectivity index (χ2n) is 0.933. The Morgan fingerprint density at radius 3 is 1.17 bits per heavy atom. The van der Waals surface area contributed by atoms with Crippen LogP contribution < -0.4 is 0 Å². The molecule has 0 unspecified atom stereocenters. The third-order valence-electron chi connectivity index (χ3n) is 0.500. The van der Waals surface area contributed by atoms with Crippen LogP contribution in [-0.2, 0) is 0 Å². The Labute approximate surface area is 55.7 Å². The Kier molecular flexibility index (Phi) is 2.93. The molecular weight excluding hydrogens is 254 g/mol. The van der Waals surface area contributed by atoms with Crippen LogP contribution in [0.4, 0.5) is 0 Å². The molecule has 0 N–H and O–H groups in total. The topological polar surface area (TPSA) is 0 Å². The zero-order chi connectivity index (χ0) is 4.24. The first-order valence-corrected chi connectivity index (χ1v) is 9.00. The second kappa shape index (κ2) is 3.27. The molecule has 1 heterocycles. The van der Waals surface area contributed by atoms with E-state index in [0.717, 1.165) is 0 Å². The molecule has 3 heteroatoms. The van der Waals surface area contributed by atoms with Gasteiger partial charge in [0.05, 0.1) is 0 Å². The van der Waals surface area contributed by atoms with E-state index in [9.17, 15) is 0 Å². The quantitative estimate of drug-likeness (QED) is 0.458. The maximum atomic E-state index is 2.56. The molecule has 0 atom stereocenters. The van der Waals surface area contributed by atoms with E-state index in [1.165, 1.54) is 0 Å². The molecule has 0 aromatic rings. The molecule has 0 nitrogen and oxygen atoms in total. The molecule has 0 spiro atoms. The van der Waals surface area contributed by atoms with Gasteiger partial charge in [0.15, 0.2) is 0 Å². The van der Waals surface area contributed by atoms with Crippen molar-refractivity contribution in [3.05, 3.63) is 0 Å². The van der Waals surface area contributed by atoms with Gasteiger partial charge in [0, 0.05) is 0 Å². The van der Waals surface area contributed by atoms with Gasteiger partial charge in [0.25, 0.3) is 0 Å². The van der Waals surface area contributed by atoms with E-state index in [4.69, 9.17) is 0 Å². The molecular formula is C3H3Ge3. The van der Waals surface area contributed by atoms with Crippen LogP contribution in [-0.4, -0.2) is 56.0 Å². The van der Waals surface area contributed by atoms with Crippen molar-refractivity contribution < 1.29 is 0 Å². The van der Waals surface area contributed by atoms with Crippen LogP contribution in [0.15, 0.2) is 0 Å². The molecule has 1 aliphatic heterocycles. The van der Waals surface area contributed by atoms with E-state index < -0.39 is 0 Å². The molecule has 3 radical (unpaired) electrons. The summed E-state index contributed by atoms with van der Waals surface area (Å²) in [7, 11) is 0. The van der Waals surface area contributed by atoms with Crippen LogP contribution in [0.2, 0.25) is 0 Å². The van der Waals surface area contributed by atoms with E-state index in [-0.39, 0.29) is 0 Å². The summed E-state index contributed by atoms with van der Waals surface area (Å²) in [6.07, 6.45) is 0. The molecule has 27 valence electrons. The molecule has 0 bridgehead atoms. The predicted molar refractivity (Wildman–Crippen MR) is 35.5 cm³/mol. The molecule has 6 heavy (non-hydrogen) atoms. The first kappa shape index (κ1) is 5.38. The van der Waals surface area contributed by atoms with E-state index in [0.29, 0.717) is 45.0 Å². The zero-order valence-electron chi connectivity index (χ0n) is 3.23. The van der Waals surface area contributed by atoms with Gasteiger partial charge in [0.1, 0.15) is 0 Å². The van der Waals surface area contributed by atoms with Gasteiger partial charge in [-0.25, -0.2) is 0 Å². The number of hydrogen-bond donors (Lipinski definition) is 0. The summed E-state index contributed by atoms with van der Waals surface area (Å²) in [6.45, 7) is 0. The molecule has 0 saturated heterocycles. The van der Waals surface area contributed by atoms with Crippen molar-refractivity contribution in [2.45, 2.75) is 0 Å². The predicted octanol–water partition coefficient (Wildman–Crippen LogP) is -1.61. The molecule has 1 rings (SSSR count). The Morgan fingerprint density at radius 1 is 0.667 bits per heavy atom. The summed E-state index contributed by atoms with van der Waals surface area (Å²) in [5.74, 6) is 0. The van der Waals surface area contributed by atoms with Crippen LogP contribution in [0.5, 0.6) is 0 Å². The van der Waals surface area contributed by atoms with Crippen LogP contribution in [0.25, 0.3) is 0 Å². The van der Waals surface area contributed by atoms with E-state index in [1.54, 1.807) is 0 Å². The average Bonchev–Trinajstić information content (AvgIpc) is 1.72. The van der Waals surface area contributed by atoms with Crippen molar-refractivity contribution in [2.24, 2.45) is 0 Å². The third kappa shape index (κ3) is 1.80. The summed E-state index contributed by atoms with van der Waals surface area (Å²) in [6, 6.07) is 0. The summed E-state index contributed by atoms with van der Waals surface area (Å²) >= 11 is 1.31.